The van der Waals surface area contributed by atoms with Gasteiger partial charge in [0.15, 0.2) is 0 Å². The smallest absolute Gasteiger partial charge is 0.309 e. The Morgan fingerprint density at radius 2 is 2.07 bits per heavy atom. The number of aromatic nitrogens is 1. The zero-order valence-electron chi connectivity index (χ0n) is 17.0. The summed E-state index contributed by atoms with van der Waals surface area (Å²) in [7, 11) is 1.69. The molecule has 4 rings (SSSR count). The van der Waals surface area contributed by atoms with Crippen LogP contribution >= 0.6 is 0 Å². The van der Waals surface area contributed by atoms with E-state index in [1.807, 2.05) is 0 Å². The fraction of sp³-hybridized carbons (Fsp3) is 0.545. The van der Waals surface area contributed by atoms with E-state index in [-0.39, 0.29) is 17.9 Å². The maximum atomic E-state index is 12.7. The second kappa shape index (κ2) is 8.05. The van der Waals surface area contributed by atoms with Gasteiger partial charge in [0.25, 0.3) is 5.89 Å². The number of likely N-dealkylation sites (tertiary alicyclic amines) is 1. The van der Waals surface area contributed by atoms with Gasteiger partial charge in [-0.15, -0.1) is 0 Å². The molecule has 1 fully saturated rings. The van der Waals surface area contributed by atoms with E-state index in [1.165, 1.54) is 11.1 Å². The highest BCUT2D eigenvalue weighted by Gasteiger charge is 2.31. The third-order valence-electron chi connectivity index (χ3n) is 5.81. The Morgan fingerprint density at radius 3 is 2.75 bits per heavy atom. The molecule has 0 unspecified atom stereocenters. The predicted molar refractivity (Wildman–Crippen MR) is 106 cm³/mol. The number of carbonyl (C=O) groups is 1. The van der Waals surface area contributed by atoms with Gasteiger partial charge in [0.2, 0.25) is 0 Å². The summed E-state index contributed by atoms with van der Waals surface area (Å²) in [6, 6.07) is 8.85. The van der Waals surface area contributed by atoms with Crippen LogP contribution in [0.5, 0.6) is 0 Å². The van der Waals surface area contributed by atoms with E-state index in [0.717, 1.165) is 43.9 Å². The zero-order valence-corrected chi connectivity index (χ0v) is 17.0. The van der Waals surface area contributed by atoms with Gasteiger partial charge in [0, 0.05) is 46.3 Å². The van der Waals surface area contributed by atoms with E-state index in [1.54, 1.807) is 12.0 Å². The summed E-state index contributed by atoms with van der Waals surface area (Å²) in [5.74, 6) is 1.51. The van der Waals surface area contributed by atoms with Crippen molar-refractivity contribution >= 4 is 5.91 Å². The van der Waals surface area contributed by atoms with Gasteiger partial charge in [-0.3, -0.25) is 9.69 Å². The molecular weight excluding hydrogens is 354 g/mol. The van der Waals surface area contributed by atoms with Gasteiger partial charge in [-0.05, 0) is 23.5 Å². The highest BCUT2D eigenvalue weighted by molar-refractivity contribution is 5.90. The van der Waals surface area contributed by atoms with Crippen LogP contribution < -0.4 is 0 Å². The average molecular weight is 383 g/mol. The number of ether oxygens (including phenoxy) is 1. The number of amides is 1. The number of methoxy groups -OCH3 is 1. The summed E-state index contributed by atoms with van der Waals surface area (Å²) in [5, 5.41) is 0. The normalized spacial score (nSPS) is 20.0. The molecule has 28 heavy (non-hydrogen) atoms. The molecule has 1 atom stereocenters. The first-order valence-electron chi connectivity index (χ1n) is 10.2. The number of hydrogen-bond donors (Lipinski definition) is 0. The van der Waals surface area contributed by atoms with Crippen LogP contribution in [0.1, 0.15) is 59.5 Å². The van der Waals surface area contributed by atoms with E-state index >= 15 is 0 Å². The minimum atomic E-state index is -0.121. The van der Waals surface area contributed by atoms with Gasteiger partial charge in [0.1, 0.15) is 5.76 Å². The van der Waals surface area contributed by atoms with Crippen LogP contribution in [-0.4, -0.2) is 53.5 Å². The van der Waals surface area contributed by atoms with Gasteiger partial charge < -0.3 is 14.1 Å². The molecule has 2 aliphatic heterocycles. The van der Waals surface area contributed by atoms with Crippen LogP contribution in [0.25, 0.3) is 0 Å². The van der Waals surface area contributed by atoms with Crippen molar-refractivity contribution in [3.63, 3.8) is 0 Å². The molecule has 2 aliphatic rings. The molecule has 0 N–H and O–H groups in total. The number of benzene rings is 1. The highest BCUT2D eigenvalue weighted by atomic mass is 16.5. The fourth-order valence-corrected chi connectivity index (χ4v) is 3.99. The molecule has 1 aromatic carbocycles. The molecule has 0 radical (unpaired) electrons. The van der Waals surface area contributed by atoms with E-state index in [0.29, 0.717) is 19.0 Å². The second-order valence-corrected chi connectivity index (χ2v) is 8.14. The van der Waals surface area contributed by atoms with Gasteiger partial charge in [0.05, 0.1) is 11.8 Å². The summed E-state index contributed by atoms with van der Waals surface area (Å²) in [4.78, 5) is 21.4. The number of rotatable bonds is 5. The minimum Gasteiger partial charge on any atom is -0.437 e. The van der Waals surface area contributed by atoms with Crippen molar-refractivity contribution in [3.05, 3.63) is 52.7 Å². The summed E-state index contributed by atoms with van der Waals surface area (Å²) in [5.41, 5.74) is 3.56. The maximum Gasteiger partial charge on any atom is 0.309 e. The Balaban J connectivity index is 1.39. The van der Waals surface area contributed by atoms with Gasteiger partial charge >= 0.3 is 5.91 Å². The molecule has 2 aromatic rings. The maximum absolute atomic E-state index is 12.7. The number of carbonyl (C=O) groups excluding carboxylic acids is 1. The molecule has 6 nitrogen and oxygen atoms in total. The van der Waals surface area contributed by atoms with E-state index < -0.39 is 0 Å². The summed E-state index contributed by atoms with van der Waals surface area (Å²) in [6.45, 7) is 8.25. The molecule has 0 bridgehead atoms. The van der Waals surface area contributed by atoms with E-state index in [4.69, 9.17) is 9.15 Å². The van der Waals surface area contributed by atoms with Crippen molar-refractivity contribution < 1.29 is 13.9 Å². The fourth-order valence-electron chi connectivity index (χ4n) is 3.99. The quantitative estimate of drug-likeness (QED) is 0.793. The monoisotopic (exact) mass is 383 g/mol. The highest BCUT2D eigenvalue weighted by Crippen LogP contribution is 2.24. The molecule has 0 spiro atoms. The van der Waals surface area contributed by atoms with Crippen LogP contribution in [0.4, 0.5) is 0 Å². The minimum absolute atomic E-state index is 0.117. The van der Waals surface area contributed by atoms with Crippen molar-refractivity contribution in [3.8, 4) is 0 Å². The Morgan fingerprint density at radius 1 is 1.29 bits per heavy atom. The topological polar surface area (TPSA) is 58.8 Å². The van der Waals surface area contributed by atoms with Crippen LogP contribution in [0.2, 0.25) is 0 Å². The van der Waals surface area contributed by atoms with Gasteiger partial charge in [-0.25, -0.2) is 4.98 Å². The first-order valence-corrected chi connectivity index (χ1v) is 10.2. The zero-order chi connectivity index (χ0) is 19.7. The lowest BCUT2D eigenvalue weighted by atomic mass is 10.0. The van der Waals surface area contributed by atoms with Crippen molar-refractivity contribution in [1.29, 1.82) is 0 Å². The third-order valence-corrected chi connectivity index (χ3v) is 5.81. The molecule has 1 aromatic heterocycles. The molecule has 6 heteroatoms. The molecule has 1 saturated heterocycles. The van der Waals surface area contributed by atoms with Crippen LogP contribution in [-0.2, 0) is 24.2 Å². The third kappa shape index (κ3) is 3.98. The molecule has 3 heterocycles. The molecule has 0 aliphatic carbocycles. The standard InChI is InChI=1S/C22H29N3O3/c1-15(2)17-6-4-16(5-7-17)12-24-10-9-20-19(14-24)23-21(28-20)22(26)25-11-8-18(13-25)27-3/h4-7,15,18H,8-14H2,1-3H3/t18-/m1/s1. The second-order valence-electron chi connectivity index (χ2n) is 8.14. The lowest BCUT2D eigenvalue weighted by Crippen LogP contribution is -2.30. The Bertz CT molecular complexity index is 828. The van der Waals surface area contributed by atoms with Gasteiger partial charge in [-0.2, -0.15) is 0 Å². The Labute approximate surface area is 166 Å². The van der Waals surface area contributed by atoms with Crippen molar-refractivity contribution in [2.24, 2.45) is 0 Å². The lowest BCUT2D eigenvalue weighted by molar-refractivity contribution is 0.0687. The largest absolute Gasteiger partial charge is 0.437 e. The van der Waals surface area contributed by atoms with Crippen molar-refractivity contribution in [2.75, 3.05) is 26.7 Å². The van der Waals surface area contributed by atoms with E-state index in [9.17, 15) is 4.79 Å². The molecule has 150 valence electrons. The molecule has 1 amide bonds. The lowest BCUT2D eigenvalue weighted by Gasteiger charge is -2.25. The summed E-state index contributed by atoms with van der Waals surface area (Å²) in [6.07, 6.45) is 1.78. The van der Waals surface area contributed by atoms with Crippen molar-refractivity contribution in [1.82, 2.24) is 14.8 Å². The number of nitrogens with zero attached hydrogens (tertiary/aromatic N) is 3. The van der Waals surface area contributed by atoms with E-state index in [2.05, 4.69) is 48.0 Å². The van der Waals surface area contributed by atoms with Crippen LogP contribution in [0.15, 0.2) is 28.7 Å². The summed E-state index contributed by atoms with van der Waals surface area (Å²) < 4.78 is 11.2. The Hall–Kier alpha value is -2.18. The number of oxazole rings is 1. The first-order chi connectivity index (χ1) is 13.5. The summed E-state index contributed by atoms with van der Waals surface area (Å²) >= 11 is 0. The van der Waals surface area contributed by atoms with Gasteiger partial charge in [-0.1, -0.05) is 38.1 Å². The number of fused-ring (bicyclic) bond motifs is 1. The first kappa shape index (κ1) is 19.2. The van der Waals surface area contributed by atoms with Crippen LogP contribution in [0.3, 0.4) is 0 Å². The SMILES string of the molecule is CO[C@@H]1CCN(C(=O)c2nc3c(o2)CCN(Cc2ccc(C(C)C)cc2)C3)C1. The Kier molecular flexibility index (Phi) is 5.51. The van der Waals surface area contributed by atoms with Crippen LogP contribution in [0, 0.1) is 0 Å². The van der Waals surface area contributed by atoms with Crippen molar-refractivity contribution in [2.45, 2.75) is 51.8 Å². The number of hydrogen-bond acceptors (Lipinski definition) is 5. The average Bonchev–Trinajstić information content (AvgIpc) is 3.34. The predicted octanol–water partition coefficient (Wildman–Crippen LogP) is 3.22. The molecule has 0 saturated carbocycles. The molecular formula is C22H29N3O3.